The Morgan fingerprint density at radius 2 is 1.19 bits per heavy atom. The Hall–Kier alpha value is -4.52. The van der Waals surface area contributed by atoms with Gasteiger partial charge in [0.2, 0.25) is 22.6 Å². The molecule has 0 radical (unpaired) electrons. The van der Waals surface area contributed by atoms with Gasteiger partial charge in [0, 0.05) is 24.3 Å². The lowest BCUT2D eigenvalue weighted by atomic mass is 9.70. The van der Waals surface area contributed by atoms with E-state index in [-0.39, 0.29) is 10.8 Å². The highest BCUT2D eigenvalue weighted by Gasteiger charge is 2.62. The standard InChI is InChI=1S/C45H43N2P/c1-8-29-15-9-10-16-32(29)38-18-13-21-41-45(42-22-14-19-39-35-17-11-12-20-40(35)48(46(38)41)47(39)42)36-27-30(43(2,3)4)23-25-33(36)34-26-24-31(28-37(34)45)44(5,6)7/h9-28H,8H2,1-7H3/q+2. The summed E-state index contributed by atoms with van der Waals surface area (Å²) in [5.74, 6) is 0. The lowest BCUT2D eigenvalue weighted by molar-refractivity contribution is -0.591. The maximum absolute atomic E-state index is 2.78. The first-order valence-corrected chi connectivity index (χ1v) is 18.7. The first-order chi connectivity index (χ1) is 23.0. The molecular formula is C45H43N2P+2. The van der Waals surface area contributed by atoms with Crippen molar-refractivity contribution in [3.8, 4) is 22.4 Å². The van der Waals surface area contributed by atoms with Crippen molar-refractivity contribution in [2.45, 2.75) is 71.1 Å². The Kier molecular flexibility index (Phi) is 6.17. The fourth-order valence-electron chi connectivity index (χ4n) is 8.57. The van der Waals surface area contributed by atoms with Gasteiger partial charge in [-0.25, -0.2) is 0 Å². The van der Waals surface area contributed by atoms with Crippen LogP contribution in [0.1, 0.15) is 87.7 Å². The zero-order valence-corrected chi connectivity index (χ0v) is 30.0. The van der Waals surface area contributed by atoms with E-state index in [1.165, 1.54) is 77.6 Å². The second-order valence-corrected chi connectivity index (χ2v) is 17.7. The minimum absolute atomic E-state index is 0.0166. The number of pyridine rings is 2. The third-order valence-electron chi connectivity index (χ3n) is 11.0. The van der Waals surface area contributed by atoms with Crippen molar-refractivity contribution in [3.05, 3.63) is 161 Å². The topological polar surface area (TPSA) is 7.98 Å². The molecule has 48 heavy (non-hydrogen) atoms. The van der Waals surface area contributed by atoms with E-state index in [0.29, 0.717) is 0 Å². The van der Waals surface area contributed by atoms with Gasteiger partial charge in [0.15, 0.2) is 5.41 Å². The Balaban J connectivity index is 1.56. The summed E-state index contributed by atoms with van der Waals surface area (Å²) < 4.78 is 5.52. The highest BCUT2D eigenvalue weighted by atomic mass is 31.1. The molecule has 1 atom stereocenters. The zero-order chi connectivity index (χ0) is 33.2. The molecule has 7 aromatic rings. The molecule has 1 unspecified atom stereocenters. The van der Waals surface area contributed by atoms with Crippen molar-refractivity contribution < 1.29 is 8.50 Å². The van der Waals surface area contributed by atoms with Crippen LogP contribution < -0.4 is 8.50 Å². The van der Waals surface area contributed by atoms with Crippen LogP contribution in [0, 0.1) is 0 Å². The monoisotopic (exact) mass is 642 g/mol. The number of aromatic nitrogens is 2. The maximum atomic E-state index is 2.78. The summed E-state index contributed by atoms with van der Waals surface area (Å²) in [4.78, 5) is 0. The van der Waals surface area contributed by atoms with Crippen molar-refractivity contribution in [1.29, 1.82) is 0 Å². The van der Waals surface area contributed by atoms with Gasteiger partial charge in [-0.2, -0.15) is 0 Å². The summed E-state index contributed by atoms with van der Waals surface area (Å²) in [6, 6.07) is 47.1. The molecule has 4 heterocycles. The van der Waals surface area contributed by atoms with Crippen LogP contribution in [-0.4, -0.2) is 0 Å². The van der Waals surface area contributed by atoms with Crippen molar-refractivity contribution in [2.24, 2.45) is 0 Å². The number of aryl methyl sites for hydroxylation is 1. The predicted molar refractivity (Wildman–Crippen MR) is 200 cm³/mol. The van der Waals surface area contributed by atoms with E-state index in [9.17, 15) is 0 Å². The second kappa shape index (κ2) is 10.0. The van der Waals surface area contributed by atoms with Crippen LogP contribution in [0.4, 0.5) is 0 Å². The molecule has 2 nitrogen and oxygen atoms in total. The molecular weight excluding hydrogens is 599 g/mol. The van der Waals surface area contributed by atoms with Crippen molar-refractivity contribution in [3.63, 3.8) is 0 Å². The average Bonchev–Trinajstić information content (AvgIpc) is 3.57. The van der Waals surface area contributed by atoms with Crippen LogP contribution in [0.5, 0.6) is 0 Å². The summed E-state index contributed by atoms with van der Waals surface area (Å²) in [6.45, 7) is 16.3. The summed E-state index contributed by atoms with van der Waals surface area (Å²) >= 11 is 0. The Morgan fingerprint density at radius 3 is 1.85 bits per heavy atom. The third-order valence-corrected chi connectivity index (χ3v) is 13.5. The fourth-order valence-corrected chi connectivity index (χ4v) is 11.4. The van der Waals surface area contributed by atoms with Gasteiger partial charge < -0.3 is 0 Å². The van der Waals surface area contributed by atoms with Crippen LogP contribution in [0.15, 0.2) is 121 Å². The van der Waals surface area contributed by atoms with Gasteiger partial charge in [-0.1, -0.05) is 124 Å². The van der Waals surface area contributed by atoms with Crippen LogP contribution in [0.3, 0.4) is 0 Å². The average molecular weight is 643 g/mol. The van der Waals surface area contributed by atoms with Gasteiger partial charge in [-0.15, -0.1) is 0 Å². The molecule has 1 spiro atoms. The smallest absolute Gasteiger partial charge is 0.0976 e. The van der Waals surface area contributed by atoms with Crippen molar-refractivity contribution >= 4 is 23.9 Å². The molecule has 0 saturated carbocycles. The number of benzene rings is 4. The first kappa shape index (κ1) is 29.6. The van der Waals surface area contributed by atoms with Crippen LogP contribution in [0.2, 0.25) is 0 Å². The Labute approximate surface area is 285 Å². The third kappa shape index (κ3) is 3.81. The molecule has 0 N–H and O–H groups in total. The van der Waals surface area contributed by atoms with Gasteiger partial charge in [-0.3, -0.25) is 0 Å². The quantitative estimate of drug-likeness (QED) is 0.177. The predicted octanol–water partition coefficient (Wildman–Crippen LogP) is 10.7. The summed E-state index contributed by atoms with van der Waals surface area (Å²) in [5.41, 5.74) is 15.9. The van der Waals surface area contributed by atoms with E-state index >= 15 is 0 Å². The van der Waals surface area contributed by atoms with Crippen LogP contribution in [0.25, 0.3) is 38.4 Å². The summed E-state index contributed by atoms with van der Waals surface area (Å²) in [6.07, 6.45) is 0.991. The van der Waals surface area contributed by atoms with Crippen molar-refractivity contribution in [2.75, 3.05) is 0 Å². The zero-order valence-electron chi connectivity index (χ0n) is 29.1. The highest BCUT2D eigenvalue weighted by molar-refractivity contribution is 7.42. The molecule has 1 aliphatic carbocycles. The highest BCUT2D eigenvalue weighted by Crippen LogP contribution is 2.59. The second-order valence-electron chi connectivity index (χ2n) is 15.8. The van der Waals surface area contributed by atoms with E-state index in [4.69, 9.17) is 0 Å². The minimum atomic E-state index is -0.934. The van der Waals surface area contributed by atoms with Crippen molar-refractivity contribution in [1.82, 2.24) is 0 Å². The number of hydrogen-bond acceptors (Lipinski definition) is 0. The van der Waals surface area contributed by atoms with Gasteiger partial charge in [0.05, 0.1) is 10.9 Å². The van der Waals surface area contributed by atoms with Gasteiger partial charge in [0.25, 0.3) is 0 Å². The van der Waals surface area contributed by atoms with E-state index in [2.05, 4.69) is 178 Å². The molecule has 0 bridgehead atoms. The summed E-state index contributed by atoms with van der Waals surface area (Å²) in [7, 11) is -0.934. The number of hydrogen-bond donors (Lipinski definition) is 0. The number of nitrogens with zero attached hydrogens (tertiary/aromatic N) is 2. The largest absolute Gasteiger partial charge is 0.448 e. The van der Waals surface area contributed by atoms with E-state index in [0.717, 1.165) is 6.42 Å². The Morgan fingerprint density at radius 1 is 0.583 bits per heavy atom. The molecule has 1 aliphatic heterocycles. The Bertz CT molecular complexity index is 2400. The molecule has 236 valence electrons. The molecule has 2 aliphatic rings. The number of rotatable bonds is 2. The SMILES string of the molecule is CCc1ccccc1-c1cccc2[n+]1-p1c3ccccc3c3cccc([n+]31)C21c2cc(C(C)(C)C)ccc2-c2ccc(C(C)(C)C)cc21. The molecule has 0 fully saturated rings. The summed E-state index contributed by atoms with van der Waals surface area (Å²) in [5, 5.41) is 2.78. The van der Waals surface area contributed by atoms with Gasteiger partial charge in [0.1, 0.15) is 5.12 Å². The van der Waals surface area contributed by atoms with E-state index in [1.54, 1.807) is 0 Å². The molecule has 0 saturated heterocycles. The fraction of sp³-hybridized carbons (Fsp3) is 0.244. The van der Waals surface area contributed by atoms with E-state index in [1.807, 2.05) is 0 Å². The molecule has 3 heteroatoms. The van der Waals surface area contributed by atoms with E-state index < -0.39 is 13.3 Å². The number of fused-ring (bicyclic) bond motifs is 12. The van der Waals surface area contributed by atoms with Crippen LogP contribution in [-0.2, 0) is 22.7 Å². The lowest BCUT2D eigenvalue weighted by Gasteiger charge is -2.31. The first-order valence-electron chi connectivity index (χ1n) is 17.4. The molecule has 9 rings (SSSR count). The van der Waals surface area contributed by atoms with Gasteiger partial charge in [-0.05, 0) is 86.5 Å². The molecule has 0 amide bonds. The minimum Gasteiger partial charge on any atom is -0.0976 e. The van der Waals surface area contributed by atoms with Gasteiger partial charge >= 0.3 is 7.84 Å². The lowest BCUT2D eigenvalue weighted by Crippen LogP contribution is -2.55. The molecule has 3 aromatic heterocycles. The maximum Gasteiger partial charge on any atom is 0.448 e. The van der Waals surface area contributed by atoms with Crippen LogP contribution >= 0.6 is 7.84 Å². The normalized spacial score (nSPS) is 14.8. The molecule has 4 aromatic carbocycles.